The molecular weight excluding hydrogens is 192 g/mol. The molecule has 3 heteroatoms. The minimum atomic E-state index is 0.201. The Labute approximate surface area is 85.5 Å². The molecular formula is C12H6O3. The van der Waals surface area contributed by atoms with E-state index in [9.17, 15) is 5.11 Å². The molecule has 4 rings (SSSR count). The van der Waals surface area contributed by atoms with Gasteiger partial charge in [-0.3, -0.25) is 0 Å². The van der Waals surface area contributed by atoms with Crippen LogP contribution in [0.3, 0.4) is 0 Å². The van der Waals surface area contributed by atoms with Crippen molar-refractivity contribution in [3.8, 4) is 39.9 Å². The molecule has 0 unspecified atom stereocenters. The van der Waals surface area contributed by atoms with Gasteiger partial charge in [-0.15, -0.1) is 0 Å². The summed E-state index contributed by atoms with van der Waals surface area (Å²) in [6.07, 6.45) is 0. The van der Waals surface area contributed by atoms with E-state index in [0.29, 0.717) is 5.75 Å². The van der Waals surface area contributed by atoms with Gasteiger partial charge >= 0.3 is 0 Å². The Kier molecular flexibility index (Phi) is 0.997. The fraction of sp³-hybridized carbons (Fsp3) is 0. The summed E-state index contributed by atoms with van der Waals surface area (Å²) in [7, 11) is 0. The van der Waals surface area contributed by atoms with Crippen molar-refractivity contribution >= 4 is 0 Å². The number of fused-ring (bicyclic) bond motifs is 2. The summed E-state index contributed by atoms with van der Waals surface area (Å²) in [6, 6.07) is 9.35. The van der Waals surface area contributed by atoms with Gasteiger partial charge in [0.1, 0.15) is 0 Å². The van der Waals surface area contributed by atoms with Crippen LogP contribution in [0.15, 0.2) is 30.3 Å². The average molecular weight is 198 g/mol. The number of benzene rings is 2. The van der Waals surface area contributed by atoms with Crippen LogP contribution < -0.4 is 9.47 Å². The predicted molar refractivity (Wildman–Crippen MR) is 53.7 cm³/mol. The maximum Gasteiger partial charge on any atom is 0.212 e. The van der Waals surface area contributed by atoms with E-state index in [2.05, 4.69) is 0 Å². The molecule has 2 aliphatic heterocycles. The third-order valence-corrected chi connectivity index (χ3v) is 2.69. The van der Waals surface area contributed by atoms with E-state index in [1.165, 1.54) is 0 Å². The molecule has 0 saturated heterocycles. The number of para-hydroxylation sites is 1. The molecule has 1 N–H and O–H groups in total. The Morgan fingerprint density at radius 3 is 2.60 bits per heavy atom. The lowest BCUT2D eigenvalue weighted by Gasteiger charge is -1.94. The SMILES string of the molecule is Oc1ccc(-c2cccc3c2O3)c2c1O2. The van der Waals surface area contributed by atoms with E-state index >= 15 is 0 Å². The Bertz CT molecular complexity index is 602. The van der Waals surface area contributed by atoms with Crippen LogP contribution in [0.1, 0.15) is 0 Å². The zero-order chi connectivity index (χ0) is 9.99. The van der Waals surface area contributed by atoms with Gasteiger partial charge in [0.2, 0.25) is 5.75 Å². The third kappa shape index (κ3) is 0.845. The van der Waals surface area contributed by atoms with E-state index in [1.807, 2.05) is 24.3 Å². The Hall–Kier alpha value is -2.16. The van der Waals surface area contributed by atoms with Gasteiger partial charge in [0.05, 0.1) is 0 Å². The summed E-state index contributed by atoms with van der Waals surface area (Å²) in [5.74, 6) is 3.40. The van der Waals surface area contributed by atoms with E-state index < -0.39 is 0 Å². The van der Waals surface area contributed by atoms with E-state index in [1.54, 1.807) is 6.07 Å². The Morgan fingerprint density at radius 2 is 1.67 bits per heavy atom. The molecule has 0 radical (unpaired) electrons. The lowest BCUT2D eigenvalue weighted by Crippen LogP contribution is -1.69. The topological polar surface area (TPSA) is 45.3 Å². The van der Waals surface area contributed by atoms with Crippen LogP contribution in [0.5, 0.6) is 28.7 Å². The second-order valence-corrected chi connectivity index (χ2v) is 3.63. The number of phenolic OH excluding ortho intramolecular Hbond substituents is 1. The molecule has 0 fully saturated rings. The molecule has 0 bridgehead atoms. The number of hydrogen-bond acceptors (Lipinski definition) is 3. The molecule has 2 aromatic rings. The molecule has 0 atom stereocenters. The number of aromatic hydroxyl groups is 1. The van der Waals surface area contributed by atoms with Crippen LogP contribution in [-0.2, 0) is 0 Å². The highest BCUT2D eigenvalue weighted by Gasteiger charge is 2.33. The van der Waals surface area contributed by atoms with Gasteiger partial charge in [-0.1, -0.05) is 12.1 Å². The summed E-state index contributed by atoms with van der Waals surface area (Å²) in [5, 5.41) is 9.37. The summed E-state index contributed by atoms with van der Waals surface area (Å²) in [6.45, 7) is 0. The number of hydrogen-bond donors (Lipinski definition) is 1. The molecule has 0 spiro atoms. The van der Waals surface area contributed by atoms with E-state index in [-0.39, 0.29) is 5.75 Å². The van der Waals surface area contributed by atoms with Gasteiger partial charge in [0.25, 0.3) is 0 Å². The quantitative estimate of drug-likeness (QED) is 0.477. The second-order valence-electron chi connectivity index (χ2n) is 3.63. The maximum absolute atomic E-state index is 9.37. The monoisotopic (exact) mass is 198 g/mol. The van der Waals surface area contributed by atoms with E-state index in [4.69, 9.17) is 9.47 Å². The first-order valence-corrected chi connectivity index (χ1v) is 4.69. The summed E-state index contributed by atoms with van der Waals surface area (Å²) >= 11 is 0. The zero-order valence-electron chi connectivity index (χ0n) is 7.65. The van der Waals surface area contributed by atoms with Crippen molar-refractivity contribution in [1.29, 1.82) is 0 Å². The second kappa shape index (κ2) is 2.08. The number of phenols is 1. The minimum Gasteiger partial charge on any atom is -0.504 e. The van der Waals surface area contributed by atoms with Crippen molar-refractivity contribution in [3.05, 3.63) is 30.3 Å². The van der Waals surface area contributed by atoms with Gasteiger partial charge in [-0.05, 0) is 18.2 Å². The van der Waals surface area contributed by atoms with Crippen LogP contribution in [0.4, 0.5) is 0 Å². The molecule has 3 nitrogen and oxygen atoms in total. The van der Waals surface area contributed by atoms with Crippen molar-refractivity contribution in [2.45, 2.75) is 0 Å². The first kappa shape index (κ1) is 7.17. The number of ether oxygens (including phenoxy) is 2. The van der Waals surface area contributed by atoms with Crippen LogP contribution >= 0.6 is 0 Å². The Morgan fingerprint density at radius 1 is 0.800 bits per heavy atom. The number of rotatable bonds is 1. The molecule has 0 saturated carbocycles. The van der Waals surface area contributed by atoms with Crippen molar-refractivity contribution in [1.82, 2.24) is 0 Å². The van der Waals surface area contributed by atoms with Crippen molar-refractivity contribution in [3.63, 3.8) is 0 Å². The Balaban J connectivity index is 1.96. The highest BCUT2D eigenvalue weighted by molar-refractivity contribution is 5.88. The van der Waals surface area contributed by atoms with Gasteiger partial charge in [0, 0.05) is 11.1 Å². The normalized spacial score (nSPS) is 13.3. The van der Waals surface area contributed by atoms with Crippen LogP contribution in [-0.4, -0.2) is 5.11 Å². The van der Waals surface area contributed by atoms with Crippen molar-refractivity contribution in [2.75, 3.05) is 0 Å². The summed E-state index contributed by atoms with van der Waals surface area (Å²) < 4.78 is 10.5. The van der Waals surface area contributed by atoms with Gasteiger partial charge in [-0.2, -0.15) is 0 Å². The minimum absolute atomic E-state index is 0.201. The molecule has 0 amide bonds. The van der Waals surface area contributed by atoms with Gasteiger partial charge < -0.3 is 14.6 Å². The van der Waals surface area contributed by atoms with Crippen molar-refractivity contribution in [2.24, 2.45) is 0 Å². The molecule has 2 heterocycles. The lowest BCUT2D eigenvalue weighted by atomic mass is 10.1. The molecule has 2 aromatic carbocycles. The smallest absolute Gasteiger partial charge is 0.212 e. The van der Waals surface area contributed by atoms with Gasteiger partial charge in [0.15, 0.2) is 23.0 Å². The van der Waals surface area contributed by atoms with Crippen LogP contribution in [0, 0.1) is 0 Å². The van der Waals surface area contributed by atoms with E-state index in [0.717, 1.165) is 28.4 Å². The largest absolute Gasteiger partial charge is 0.504 e. The molecule has 0 aliphatic carbocycles. The fourth-order valence-corrected chi connectivity index (χ4v) is 1.85. The lowest BCUT2D eigenvalue weighted by molar-refractivity contribution is 0.463. The highest BCUT2D eigenvalue weighted by atomic mass is 16.6. The fourth-order valence-electron chi connectivity index (χ4n) is 1.85. The van der Waals surface area contributed by atoms with Crippen LogP contribution in [0.2, 0.25) is 0 Å². The summed E-state index contributed by atoms with van der Waals surface area (Å²) in [5.41, 5.74) is 2.01. The average Bonchev–Trinajstić information content (AvgIpc) is 3.11. The summed E-state index contributed by atoms with van der Waals surface area (Å²) in [4.78, 5) is 0. The first-order valence-electron chi connectivity index (χ1n) is 4.69. The standard InChI is InChI=1S/C12H6O3/c13-8-5-4-7(11-12(8)15-11)6-2-1-3-9-10(6)14-9/h1-5,13H. The molecule has 15 heavy (non-hydrogen) atoms. The third-order valence-electron chi connectivity index (χ3n) is 2.69. The highest BCUT2D eigenvalue weighted by Crippen LogP contribution is 2.61. The molecule has 2 aliphatic rings. The van der Waals surface area contributed by atoms with Crippen molar-refractivity contribution < 1.29 is 14.6 Å². The zero-order valence-corrected chi connectivity index (χ0v) is 7.65. The van der Waals surface area contributed by atoms with Crippen LogP contribution in [0.25, 0.3) is 11.1 Å². The molecule has 0 aromatic heterocycles. The molecule has 72 valence electrons. The van der Waals surface area contributed by atoms with Gasteiger partial charge in [-0.25, -0.2) is 0 Å². The predicted octanol–water partition coefficient (Wildman–Crippen LogP) is 3.27. The first-order chi connectivity index (χ1) is 7.34. The maximum atomic E-state index is 9.37.